The monoisotopic (exact) mass is 397 g/mol. The van der Waals surface area contributed by atoms with Crippen molar-refractivity contribution in [2.45, 2.75) is 32.9 Å². The fourth-order valence-corrected chi connectivity index (χ4v) is 3.06. The van der Waals surface area contributed by atoms with Gasteiger partial charge in [0.05, 0.1) is 13.2 Å². The van der Waals surface area contributed by atoms with Gasteiger partial charge in [0.25, 0.3) is 0 Å². The third-order valence-electron chi connectivity index (χ3n) is 4.37. The number of furan rings is 1. The van der Waals surface area contributed by atoms with Crippen molar-refractivity contribution in [1.82, 2.24) is 15.6 Å². The fraction of sp³-hybridized carbons (Fsp3) is 0.286. The van der Waals surface area contributed by atoms with Crippen LogP contribution in [0.5, 0.6) is 0 Å². The highest BCUT2D eigenvalue weighted by Crippen LogP contribution is 2.19. The summed E-state index contributed by atoms with van der Waals surface area (Å²) in [7, 11) is 0. The van der Waals surface area contributed by atoms with Crippen molar-refractivity contribution < 1.29 is 23.5 Å². The Kier molecular flexibility index (Phi) is 6.33. The van der Waals surface area contributed by atoms with Gasteiger partial charge in [-0.25, -0.2) is 4.79 Å². The molecule has 8 nitrogen and oxygen atoms in total. The predicted molar refractivity (Wildman–Crippen MR) is 106 cm³/mol. The Labute approximate surface area is 167 Å². The number of esters is 1. The number of hydrogen-bond acceptors (Lipinski definition) is 5. The number of aromatic nitrogens is 1. The van der Waals surface area contributed by atoms with Gasteiger partial charge >= 0.3 is 5.97 Å². The van der Waals surface area contributed by atoms with Gasteiger partial charge in [0.1, 0.15) is 11.8 Å². The molecule has 0 unspecified atom stereocenters. The summed E-state index contributed by atoms with van der Waals surface area (Å²) in [4.78, 5) is 39.1. The molecular weight excluding hydrogens is 374 g/mol. The standard InChI is InChI=1S/C21H23N3O5/c1-3-28-21(27)19-9-8-15(29-19)12-23-20(26)18(24-13(2)25)10-14-11-22-17-7-5-4-6-16(14)17/h4-9,11,18,22H,3,10,12H2,1-2H3,(H,23,26)(H,24,25)/t18-/m0/s1. The predicted octanol–water partition coefficient (Wildman–Crippen LogP) is 2.30. The highest BCUT2D eigenvalue weighted by Gasteiger charge is 2.22. The van der Waals surface area contributed by atoms with Crippen molar-refractivity contribution in [3.8, 4) is 0 Å². The molecule has 3 aromatic rings. The number of H-pyrrole nitrogens is 1. The van der Waals surface area contributed by atoms with Crippen LogP contribution in [0.15, 0.2) is 47.0 Å². The van der Waals surface area contributed by atoms with Crippen LogP contribution in [0.2, 0.25) is 0 Å². The molecule has 3 N–H and O–H groups in total. The van der Waals surface area contributed by atoms with Crippen LogP contribution in [0.3, 0.4) is 0 Å². The molecule has 3 rings (SSSR count). The quantitative estimate of drug-likeness (QED) is 0.505. The van der Waals surface area contributed by atoms with Crippen LogP contribution >= 0.6 is 0 Å². The van der Waals surface area contributed by atoms with Gasteiger partial charge in [-0.2, -0.15) is 0 Å². The second-order valence-electron chi connectivity index (χ2n) is 6.52. The lowest BCUT2D eigenvalue weighted by Gasteiger charge is -2.17. The maximum Gasteiger partial charge on any atom is 0.374 e. The van der Waals surface area contributed by atoms with Gasteiger partial charge in [-0.15, -0.1) is 0 Å². The number of carbonyl (C=O) groups is 3. The topological polar surface area (TPSA) is 113 Å². The molecule has 0 aliphatic rings. The molecule has 2 aromatic heterocycles. The highest BCUT2D eigenvalue weighted by molar-refractivity contribution is 5.89. The summed E-state index contributed by atoms with van der Waals surface area (Å²) in [5.41, 5.74) is 1.89. The molecule has 1 atom stereocenters. The van der Waals surface area contributed by atoms with E-state index in [1.165, 1.54) is 13.0 Å². The number of rotatable bonds is 8. The summed E-state index contributed by atoms with van der Waals surface area (Å²) in [5, 5.41) is 6.43. The second kappa shape index (κ2) is 9.09. The minimum atomic E-state index is -0.744. The van der Waals surface area contributed by atoms with E-state index in [1.807, 2.05) is 30.5 Å². The first-order chi connectivity index (χ1) is 14.0. The Balaban J connectivity index is 1.66. The minimum Gasteiger partial charge on any atom is -0.460 e. The summed E-state index contributed by atoms with van der Waals surface area (Å²) in [6, 6.07) is 10.1. The Morgan fingerprint density at radius 1 is 1.17 bits per heavy atom. The Hall–Kier alpha value is -3.55. The number of fused-ring (bicyclic) bond motifs is 1. The lowest BCUT2D eigenvalue weighted by molar-refractivity contribution is -0.128. The number of nitrogens with one attached hydrogen (secondary N) is 3. The van der Waals surface area contributed by atoms with Crippen LogP contribution in [0.1, 0.15) is 35.7 Å². The molecule has 0 spiro atoms. The number of hydrogen-bond donors (Lipinski definition) is 3. The average Bonchev–Trinajstić information content (AvgIpc) is 3.33. The van der Waals surface area contributed by atoms with E-state index in [0.29, 0.717) is 12.2 Å². The first-order valence-electron chi connectivity index (χ1n) is 9.33. The van der Waals surface area contributed by atoms with Crippen molar-refractivity contribution in [3.63, 3.8) is 0 Å². The third kappa shape index (κ3) is 5.04. The van der Waals surface area contributed by atoms with Gasteiger partial charge in [-0.1, -0.05) is 18.2 Å². The lowest BCUT2D eigenvalue weighted by Crippen LogP contribution is -2.47. The molecule has 29 heavy (non-hydrogen) atoms. The molecule has 152 valence electrons. The first kappa shape index (κ1) is 20.2. The van der Waals surface area contributed by atoms with Crippen molar-refractivity contribution in [2.75, 3.05) is 6.61 Å². The Morgan fingerprint density at radius 3 is 2.72 bits per heavy atom. The van der Waals surface area contributed by atoms with Crippen molar-refractivity contribution in [2.24, 2.45) is 0 Å². The van der Waals surface area contributed by atoms with E-state index < -0.39 is 12.0 Å². The number of benzene rings is 1. The van der Waals surface area contributed by atoms with Crippen LogP contribution in [0, 0.1) is 0 Å². The van der Waals surface area contributed by atoms with Crippen molar-refractivity contribution in [3.05, 3.63) is 59.7 Å². The second-order valence-corrected chi connectivity index (χ2v) is 6.52. The molecule has 2 amide bonds. The zero-order chi connectivity index (χ0) is 20.8. The Bertz CT molecular complexity index is 1020. The van der Waals surface area contributed by atoms with E-state index in [2.05, 4.69) is 15.6 Å². The summed E-state index contributed by atoms with van der Waals surface area (Å²) in [5.74, 6) is -0.712. The highest BCUT2D eigenvalue weighted by atomic mass is 16.5. The van der Waals surface area contributed by atoms with E-state index in [9.17, 15) is 14.4 Å². The maximum absolute atomic E-state index is 12.7. The van der Waals surface area contributed by atoms with Crippen LogP contribution in [-0.4, -0.2) is 35.4 Å². The smallest absolute Gasteiger partial charge is 0.374 e. The zero-order valence-corrected chi connectivity index (χ0v) is 16.3. The molecule has 0 saturated carbocycles. The van der Waals surface area contributed by atoms with Crippen LogP contribution in [0.25, 0.3) is 10.9 Å². The maximum atomic E-state index is 12.7. The van der Waals surface area contributed by atoms with E-state index >= 15 is 0 Å². The van der Waals surface area contributed by atoms with E-state index in [1.54, 1.807) is 13.0 Å². The molecule has 1 aromatic carbocycles. The summed E-state index contributed by atoms with van der Waals surface area (Å²) in [6.45, 7) is 3.41. The molecule has 0 fully saturated rings. The molecule has 0 saturated heterocycles. The normalized spacial score (nSPS) is 11.8. The number of aromatic amines is 1. The van der Waals surface area contributed by atoms with E-state index in [-0.39, 0.29) is 30.7 Å². The summed E-state index contributed by atoms with van der Waals surface area (Å²) < 4.78 is 10.3. The number of ether oxygens (including phenoxy) is 1. The molecule has 0 aliphatic heterocycles. The van der Waals surface area contributed by atoms with Gasteiger partial charge in [0.2, 0.25) is 17.6 Å². The first-order valence-corrected chi connectivity index (χ1v) is 9.33. The van der Waals surface area contributed by atoms with Gasteiger partial charge < -0.3 is 24.8 Å². The summed E-state index contributed by atoms with van der Waals surface area (Å²) in [6.07, 6.45) is 2.17. The molecule has 0 bridgehead atoms. The van der Waals surface area contributed by atoms with Crippen molar-refractivity contribution >= 4 is 28.7 Å². The molecular formula is C21H23N3O5. The molecule has 8 heteroatoms. The van der Waals surface area contributed by atoms with Gasteiger partial charge in [0.15, 0.2) is 0 Å². The minimum absolute atomic E-state index is 0.0771. The average molecular weight is 397 g/mol. The van der Waals surface area contributed by atoms with Crippen molar-refractivity contribution in [1.29, 1.82) is 0 Å². The molecule has 0 aliphatic carbocycles. The van der Waals surface area contributed by atoms with Gasteiger partial charge in [-0.05, 0) is 30.7 Å². The molecule has 0 radical (unpaired) electrons. The molecule has 2 heterocycles. The number of para-hydroxylation sites is 1. The fourth-order valence-electron chi connectivity index (χ4n) is 3.06. The summed E-state index contributed by atoms with van der Waals surface area (Å²) >= 11 is 0. The van der Waals surface area contributed by atoms with Crippen LogP contribution < -0.4 is 10.6 Å². The van der Waals surface area contributed by atoms with Crippen LogP contribution in [0.4, 0.5) is 0 Å². The zero-order valence-electron chi connectivity index (χ0n) is 16.3. The third-order valence-corrected chi connectivity index (χ3v) is 4.37. The Morgan fingerprint density at radius 2 is 1.97 bits per heavy atom. The van der Waals surface area contributed by atoms with Gasteiger partial charge in [0, 0.05) is 30.4 Å². The SMILES string of the molecule is CCOC(=O)c1ccc(CNC(=O)[C@H](Cc2c[nH]c3ccccc23)NC(C)=O)o1. The van der Waals surface area contributed by atoms with E-state index in [0.717, 1.165) is 16.5 Å². The number of amides is 2. The number of carbonyl (C=O) groups excluding carboxylic acids is 3. The van der Waals surface area contributed by atoms with Crippen LogP contribution in [-0.2, 0) is 27.3 Å². The van der Waals surface area contributed by atoms with E-state index in [4.69, 9.17) is 9.15 Å². The van der Waals surface area contributed by atoms with Gasteiger partial charge in [-0.3, -0.25) is 9.59 Å². The lowest BCUT2D eigenvalue weighted by atomic mass is 10.0. The largest absolute Gasteiger partial charge is 0.460 e.